The maximum atomic E-state index is 5.89. The summed E-state index contributed by atoms with van der Waals surface area (Å²) in [6, 6.07) is 0. The summed E-state index contributed by atoms with van der Waals surface area (Å²) >= 11 is 0. The Morgan fingerprint density at radius 2 is 1.33 bits per heavy atom. The maximum Gasteiger partial charge on any atom is -0.00156 e. The van der Waals surface area contributed by atoms with Crippen molar-refractivity contribution in [3.8, 4) is 0 Å². The zero-order valence-corrected chi connectivity index (χ0v) is 9.41. The topological polar surface area (TPSA) is 26.0 Å². The smallest absolute Gasteiger partial charge is 0.00156 e. The van der Waals surface area contributed by atoms with E-state index in [9.17, 15) is 0 Å². The highest BCUT2D eigenvalue weighted by atomic mass is 14.6. The second-order valence-electron chi connectivity index (χ2n) is 4.43. The molecule has 0 unspecified atom stereocenters. The van der Waals surface area contributed by atoms with E-state index in [0.29, 0.717) is 10.8 Å². The van der Waals surface area contributed by atoms with Gasteiger partial charge in [-0.15, -0.1) is 0 Å². The van der Waals surface area contributed by atoms with Crippen molar-refractivity contribution in [2.75, 3.05) is 6.54 Å². The minimum atomic E-state index is 0.349. The molecule has 0 amide bonds. The SMILES string of the molecule is CCC(C)(C)C(CC)(CC)CN. The third-order valence-electron chi connectivity index (χ3n) is 4.06. The Morgan fingerprint density at radius 3 is 1.42 bits per heavy atom. The normalized spacial score (nSPS) is 13.5. The monoisotopic (exact) mass is 171 g/mol. The molecule has 74 valence electrons. The first-order valence-corrected chi connectivity index (χ1v) is 5.19. The van der Waals surface area contributed by atoms with E-state index in [0.717, 1.165) is 6.54 Å². The van der Waals surface area contributed by atoms with Crippen LogP contribution in [0.3, 0.4) is 0 Å². The zero-order valence-electron chi connectivity index (χ0n) is 9.41. The van der Waals surface area contributed by atoms with Gasteiger partial charge < -0.3 is 5.73 Å². The molecule has 0 aliphatic heterocycles. The van der Waals surface area contributed by atoms with Gasteiger partial charge in [0.05, 0.1) is 0 Å². The number of rotatable bonds is 5. The van der Waals surface area contributed by atoms with Gasteiger partial charge in [-0.2, -0.15) is 0 Å². The molecule has 0 atom stereocenters. The molecule has 0 aromatic carbocycles. The molecular weight excluding hydrogens is 146 g/mol. The van der Waals surface area contributed by atoms with Gasteiger partial charge in [0.25, 0.3) is 0 Å². The molecule has 0 spiro atoms. The van der Waals surface area contributed by atoms with Crippen molar-refractivity contribution < 1.29 is 0 Å². The van der Waals surface area contributed by atoms with E-state index < -0.39 is 0 Å². The largest absolute Gasteiger partial charge is 0.330 e. The molecule has 0 aliphatic carbocycles. The Hall–Kier alpha value is -0.0400. The molecule has 0 aromatic heterocycles. The van der Waals surface area contributed by atoms with Crippen LogP contribution in [-0.2, 0) is 0 Å². The molecule has 0 heterocycles. The molecule has 12 heavy (non-hydrogen) atoms. The van der Waals surface area contributed by atoms with Crippen molar-refractivity contribution in [2.24, 2.45) is 16.6 Å². The lowest BCUT2D eigenvalue weighted by molar-refractivity contribution is 0.0620. The molecule has 0 bridgehead atoms. The summed E-state index contributed by atoms with van der Waals surface area (Å²) in [4.78, 5) is 0. The highest BCUT2D eigenvalue weighted by Crippen LogP contribution is 2.45. The first-order chi connectivity index (χ1) is 5.49. The van der Waals surface area contributed by atoms with Crippen LogP contribution in [0.4, 0.5) is 0 Å². The fraction of sp³-hybridized carbons (Fsp3) is 1.00. The second-order valence-corrected chi connectivity index (χ2v) is 4.43. The predicted molar refractivity (Wildman–Crippen MR) is 56.1 cm³/mol. The van der Waals surface area contributed by atoms with Crippen LogP contribution in [0.1, 0.15) is 53.9 Å². The van der Waals surface area contributed by atoms with Crippen LogP contribution >= 0.6 is 0 Å². The Bertz CT molecular complexity index is 115. The van der Waals surface area contributed by atoms with Crippen molar-refractivity contribution in [1.29, 1.82) is 0 Å². The van der Waals surface area contributed by atoms with Crippen LogP contribution in [-0.4, -0.2) is 6.54 Å². The third-order valence-corrected chi connectivity index (χ3v) is 4.06. The van der Waals surface area contributed by atoms with Crippen molar-refractivity contribution in [2.45, 2.75) is 53.9 Å². The average molecular weight is 171 g/mol. The Morgan fingerprint density at radius 1 is 0.917 bits per heavy atom. The lowest BCUT2D eigenvalue weighted by atomic mass is 9.61. The van der Waals surface area contributed by atoms with Gasteiger partial charge in [-0.1, -0.05) is 41.0 Å². The van der Waals surface area contributed by atoms with Crippen molar-refractivity contribution in [1.82, 2.24) is 0 Å². The van der Waals surface area contributed by atoms with E-state index >= 15 is 0 Å². The molecule has 0 aliphatic rings. The molecular formula is C11H25N. The molecule has 1 nitrogen and oxygen atoms in total. The highest BCUT2D eigenvalue weighted by Gasteiger charge is 2.39. The van der Waals surface area contributed by atoms with Gasteiger partial charge in [0.15, 0.2) is 0 Å². The van der Waals surface area contributed by atoms with Gasteiger partial charge in [-0.25, -0.2) is 0 Å². The predicted octanol–water partition coefficient (Wildman–Crippen LogP) is 3.19. The molecule has 0 saturated heterocycles. The van der Waals surface area contributed by atoms with Crippen molar-refractivity contribution in [3.05, 3.63) is 0 Å². The van der Waals surface area contributed by atoms with Crippen molar-refractivity contribution in [3.63, 3.8) is 0 Å². The molecule has 0 fully saturated rings. The van der Waals surface area contributed by atoms with Gasteiger partial charge in [-0.05, 0) is 30.2 Å². The summed E-state index contributed by atoms with van der Waals surface area (Å²) in [7, 11) is 0. The maximum absolute atomic E-state index is 5.89. The Balaban J connectivity index is 4.69. The van der Waals surface area contributed by atoms with Gasteiger partial charge >= 0.3 is 0 Å². The molecule has 1 heteroatoms. The van der Waals surface area contributed by atoms with Gasteiger partial charge in [0, 0.05) is 0 Å². The Kier molecular flexibility index (Phi) is 4.25. The van der Waals surface area contributed by atoms with E-state index in [-0.39, 0.29) is 0 Å². The fourth-order valence-electron chi connectivity index (χ4n) is 2.15. The molecule has 0 rings (SSSR count). The number of nitrogens with two attached hydrogens (primary N) is 1. The van der Waals surface area contributed by atoms with E-state index in [2.05, 4.69) is 34.6 Å². The summed E-state index contributed by atoms with van der Waals surface area (Å²) in [6.07, 6.45) is 3.60. The summed E-state index contributed by atoms with van der Waals surface area (Å²) < 4.78 is 0. The lowest BCUT2D eigenvalue weighted by Gasteiger charge is -2.45. The third kappa shape index (κ3) is 1.82. The lowest BCUT2D eigenvalue weighted by Crippen LogP contribution is -2.42. The molecule has 0 radical (unpaired) electrons. The van der Waals surface area contributed by atoms with E-state index in [1.807, 2.05) is 0 Å². The van der Waals surface area contributed by atoms with Crippen molar-refractivity contribution >= 4 is 0 Å². The zero-order chi connectivity index (χ0) is 9.83. The van der Waals surface area contributed by atoms with Gasteiger partial charge in [0.2, 0.25) is 0 Å². The second kappa shape index (κ2) is 4.27. The molecule has 0 saturated carbocycles. The minimum absolute atomic E-state index is 0.349. The van der Waals surface area contributed by atoms with Crippen LogP contribution in [0, 0.1) is 10.8 Å². The summed E-state index contributed by atoms with van der Waals surface area (Å²) in [5.74, 6) is 0. The van der Waals surface area contributed by atoms with Crippen LogP contribution in [0.2, 0.25) is 0 Å². The molecule has 2 N–H and O–H groups in total. The Labute approximate surface area is 77.7 Å². The summed E-state index contributed by atoms with van der Waals surface area (Å²) in [6.45, 7) is 12.3. The van der Waals surface area contributed by atoms with E-state index in [1.165, 1.54) is 19.3 Å². The van der Waals surface area contributed by atoms with Gasteiger partial charge in [0.1, 0.15) is 0 Å². The van der Waals surface area contributed by atoms with Crippen LogP contribution < -0.4 is 5.73 Å². The quantitative estimate of drug-likeness (QED) is 0.675. The van der Waals surface area contributed by atoms with Crippen LogP contribution in [0.25, 0.3) is 0 Å². The molecule has 0 aromatic rings. The summed E-state index contributed by atoms with van der Waals surface area (Å²) in [5, 5.41) is 0. The first kappa shape index (κ1) is 12.0. The van der Waals surface area contributed by atoms with Gasteiger partial charge in [-0.3, -0.25) is 0 Å². The van der Waals surface area contributed by atoms with Crippen LogP contribution in [0.5, 0.6) is 0 Å². The number of hydrogen-bond acceptors (Lipinski definition) is 1. The van der Waals surface area contributed by atoms with E-state index in [4.69, 9.17) is 5.73 Å². The average Bonchev–Trinajstić information content (AvgIpc) is 2.08. The highest BCUT2D eigenvalue weighted by molar-refractivity contribution is 4.90. The minimum Gasteiger partial charge on any atom is -0.330 e. The number of hydrogen-bond donors (Lipinski definition) is 1. The first-order valence-electron chi connectivity index (χ1n) is 5.19. The van der Waals surface area contributed by atoms with Crippen LogP contribution in [0.15, 0.2) is 0 Å². The standard InChI is InChI=1S/C11H25N/c1-6-10(4,5)11(7-2,8-3)9-12/h6-9,12H2,1-5H3. The summed E-state index contributed by atoms with van der Waals surface area (Å²) in [5.41, 5.74) is 6.62. The fourth-order valence-corrected chi connectivity index (χ4v) is 2.15. The van der Waals surface area contributed by atoms with E-state index in [1.54, 1.807) is 0 Å².